The highest BCUT2D eigenvalue weighted by atomic mass is 16.1. The van der Waals surface area contributed by atoms with E-state index in [1.807, 2.05) is 12.1 Å². The van der Waals surface area contributed by atoms with Gasteiger partial charge < -0.3 is 0 Å². The van der Waals surface area contributed by atoms with Gasteiger partial charge in [0, 0.05) is 24.7 Å². The van der Waals surface area contributed by atoms with Crippen LogP contribution in [0.1, 0.15) is 31.7 Å². The molecule has 0 amide bonds. The highest BCUT2D eigenvalue weighted by molar-refractivity contribution is 5.82. The molecule has 0 spiro atoms. The highest BCUT2D eigenvalue weighted by Gasteiger charge is 2.26. The fourth-order valence-electron chi connectivity index (χ4n) is 2.33. The second-order valence-corrected chi connectivity index (χ2v) is 4.60. The standard InChI is InChI=1S/C13H17NO/c1-10-2-3-13(15)12(8-10)9-11-4-6-14-7-5-11/h4-7,10,12H,2-3,8-9H2,1H3/t10-,12+/m0/s1. The Bertz CT molecular complexity index is 334. The van der Waals surface area contributed by atoms with Gasteiger partial charge in [-0.1, -0.05) is 6.92 Å². The number of pyridine rings is 1. The van der Waals surface area contributed by atoms with Gasteiger partial charge in [-0.15, -0.1) is 0 Å². The molecule has 1 heterocycles. The van der Waals surface area contributed by atoms with Crippen LogP contribution >= 0.6 is 0 Å². The maximum Gasteiger partial charge on any atom is 0.136 e. The first-order valence-electron chi connectivity index (χ1n) is 5.67. The van der Waals surface area contributed by atoms with Crippen LogP contribution < -0.4 is 0 Å². The average Bonchev–Trinajstić information content (AvgIpc) is 2.25. The molecule has 0 aromatic carbocycles. The quantitative estimate of drug-likeness (QED) is 0.739. The number of Topliss-reactive ketones (excluding diaryl/α,β-unsaturated/α-hetero) is 1. The minimum absolute atomic E-state index is 0.246. The van der Waals surface area contributed by atoms with Crippen LogP contribution in [0.3, 0.4) is 0 Å². The van der Waals surface area contributed by atoms with Crippen molar-refractivity contribution in [2.45, 2.75) is 32.6 Å². The summed E-state index contributed by atoms with van der Waals surface area (Å²) >= 11 is 0. The molecule has 1 aliphatic rings. The summed E-state index contributed by atoms with van der Waals surface area (Å²) in [6, 6.07) is 4.01. The first-order chi connectivity index (χ1) is 7.25. The predicted octanol–water partition coefficient (Wildman–Crippen LogP) is 2.63. The topological polar surface area (TPSA) is 30.0 Å². The summed E-state index contributed by atoms with van der Waals surface area (Å²) in [4.78, 5) is 15.7. The Kier molecular flexibility index (Phi) is 3.14. The molecule has 1 aromatic rings. The number of nitrogens with zero attached hydrogens (tertiary/aromatic N) is 1. The van der Waals surface area contributed by atoms with Gasteiger partial charge in [0.15, 0.2) is 0 Å². The van der Waals surface area contributed by atoms with Crippen molar-refractivity contribution in [3.63, 3.8) is 0 Å². The van der Waals surface area contributed by atoms with E-state index in [9.17, 15) is 4.79 Å². The Morgan fingerprint density at radius 1 is 1.40 bits per heavy atom. The fourth-order valence-corrected chi connectivity index (χ4v) is 2.33. The summed E-state index contributed by atoms with van der Waals surface area (Å²) in [5, 5.41) is 0. The Morgan fingerprint density at radius 2 is 2.13 bits per heavy atom. The summed E-state index contributed by atoms with van der Waals surface area (Å²) in [6.45, 7) is 2.24. The zero-order valence-electron chi connectivity index (χ0n) is 9.15. The molecule has 0 aliphatic heterocycles. The molecular weight excluding hydrogens is 186 g/mol. The fraction of sp³-hybridized carbons (Fsp3) is 0.538. The van der Waals surface area contributed by atoms with Crippen molar-refractivity contribution in [2.24, 2.45) is 11.8 Å². The lowest BCUT2D eigenvalue weighted by molar-refractivity contribution is -0.125. The molecule has 15 heavy (non-hydrogen) atoms. The minimum atomic E-state index is 0.246. The molecular formula is C13H17NO. The van der Waals surface area contributed by atoms with Gasteiger partial charge in [-0.05, 0) is 42.9 Å². The van der Waals surface area contributed by atoms with Gasteiger partial charge in [-0.25, -0.2) is 0 Å². The van der Waals surface area contributed by atoms with Crippen LogP contribution in [-0.2, 0) is 11.2 Å². The lowest BCUT2D eigenvalue weighted by Crippen LogP contribution is -2.25. The lowest BCUT2D eigenvalue weighted by atomic mass is 9.79. The van der Waals surface area contributed by atoms with Crippen LogP contribution in [0, 0.1) is 11.8 Å². The first-order valence-corrected chi connectivity index (χ1v) is 5.67. The molecule has 1 saturated carbocycles. The van der Waals surface area contributed by atoms with Crippen molar-refractivity contribution in [1.29, 1.82) is 0 Å². The van der Waals surface area contributed by atoms with Gasteiger partial charge in [-0.2, -0.15) is 0 Å². The molecule has 0 bridgehead atoms. The van der Waals surface area contributed by atoms with Crippen molar-refractivity contribution < 1.29 is 4.79 Å². The molecule has 0 N–H and O–H groups in total. The van der Waals surface area contributed by atoms with E-state index in [-0.39, 0.29) is 5.92 Å². The van der Waals surface area contributed by atoms with E-state index in [4.69, 9.17) is 0 Å². The van der Waals surface area contributed by atoms with E-state index in [2.05, 4.69) is 11.9 Å². The smallest absolute Gasteiger partial charge is 0.136 e. The van der Waals surface area contributed by atoms with Crippen molar-refractivity contribution in [3.05, 3.63) is 30.1 Å². The van der Waals surface area contributed by atoms with Gasteiger partial charge in [-0.3, -0.25) is 9.78 Å². The second kappa shape index (κ2) is 4.56. The third kappa shape index (κ3) is 2.65. The van der Waals surface area contributed by atoms with Crippen LogP contribution in [0.4, 0.5) is 0 Å². The summed E-state index contributed by atoms with van der Waals surface area (Å²) in [5.41, 5.74) is 1.23. The molecule has 1 fully saturated rings. The number of carbonyl (C=O) groups is 1. The van der Waals surface area contributed by atoms with Crippen molar-refractivity contribution >= 4 is 5.78 Å². The van der Waals surface area contributed by atoms with Crippen molar-refractivity contribution in [1.82, 2.24) is 4.98 Å². The van der Waals surface area contributed by atoms with Gasteiger partial charge in [0.05, 0.1) is 0 Å². The molecule has 80 valence electrons. The monoisotopic (exact) mass is 203 g/mol. The number of hydrogen-bond acceptors (Lipinski definition) is 2. The van der Waals surface area contributed by atoms with Gasteiger partial charge in [0.1, 0.15) is 5.78 Å². The second-order valence-electron chi connectivity index (χ2n) is 4.60. The van der Waals surface area contributed by atoms with Crippen molar-refractivity contribution in [3.8, 4) is 0 Å². The largest absolute Gasteiger partial charge is 0.299 e. The highest BCUT2D eigenvalue weighted by Crippen LogP contribution is 2.28. The number of aromatic nitrogens is 1. The molecule has 2 atom stereocenters. The van der Waals surface area contributed by atoms with Crippen LogP contribution in [0.15, 0.2) is 24.5 Å². The maximum atomic E-state index is 11.7. The summed E-state index contributed by atoms with van der Waals surface area (Å²) in [6.07, 6.45) is 7.40. The van der Waals surface area contributed by atoms with E-state index < -0.39 is 0 Å². The van der Waals surface area contributed by atoms with Crippen LogP contribution in [0.5, 0.6) is 0 Å². The van der Waals surface area contributed by atoms with E-state index in [1.165, 1.54) is 5.56 Å². The Labute approximate surface area is 90.7 Å². The third-order valence-electron chi connectivity index (χ3n) is 3.26. The van der Waals surface area contributed by atoms with Gasteiger partial charge >= 0.3 is 0 Å². The first kappa shape index (κ1) is 10.3. The van der Waals surface area contributed by atoms with Gasteiger partial charge in [0.2, 0.25) is 0 Å². The Morgan fingerprint density at radius 3 is 2.87 bits per heavy atom. The zero-order valence-corrected chi connectivity index (χ0v) is 9.15. The Hall–Kier alpha value is -1.18. The molecule has 1 aromatic heterocycles. The molecule has 1 aliphatic carbocycles. The normalized spacial score (nSPS) is 26.6. The third-order valence-corrected chi connectivity index (χ3v) is 3.26. The van der Waals surface area contributed by atoms with Gasteiger partial charge in [0.25, 0.3) is 0 Å². The molecule has 0 unspecified atom stereocenters. The summed E-state index contributed by atoms with van der Waals surface area (Å²) < 4.78 is 0. The van der Waals surface area contributed by atoms with Crippen molar-refractivity contribution in [2.75, 3.05) is 0 Å². The number of rotatable bonds is 2. The number of ketones is 1. The van der Waals surface area contributed by atoms with E-state index in [0.29, 0.717) is 11.7 Å². The SMILES string of the molecule is C[C@H]1CCC(=O)[C@@H](Cc2ccncc2)C1. The molecule has 0 radical (unpaired) electrons. The average molecular weight is 203 g/mol. The lowest BCUT2D eigenvalue weighted by Gasteiger charge is -2.25. The molecule has 2 rings (SSSR count). The van der Waals surface area contributed by atoms with Crippen LogP contribution in [0.2, 0.25) is 0 Å². The number of hydrogen-bond donors (Lipinski definition) is 0. The summed E-state index contributed by atoms with van der Waals surface area (Å²) in [5.74, 6) is 1.40. The molecule has 2 nitrogen and oxygen atoms in total. The molecule has 2 heteroatoms. The molecule has 0 saturated heterocycles. The Balaban J connectivity index is 2.01. The van der Waals surface area contributed by atoms with Crippen LogP contribution in [0.25, 0.3) is 0 Å². The van der Waals surface area contributed by atoms with E-state index in [1.54, 1.807) is 12.4 Å². The zero-order chi connectivity index (χ0) is 10.7. The predicted molar refractivity (Wildman–Crippen MR) is 59.5 cm³/mol. The summed E-state index contributed by atoms with van der Waals surface area (Å²) in [7, 11) is 0. The van der Waals surface area contributed by atoms with Crippen LogP contribution in [-0.4, -0.2) is 10.8 Å². The minimum Gasteiger partial charge on any atom is -0.299 e. The maximum absolute atomic E-state index is 11.7. The van der Waals surface area contributed by atoms with E-state index in [0.717, 1.165) is 25.7 Å². The number of carbonyl (C=O) groups excluding carboxylic acids is 1. The van der Waals surface area contributed by atoms with E-state index >= 15 is 0 Å².